The standard InChI is InChI=1S/C17H30N2/c1-14-15(2)19(17-11-7-4-8-12-17)13-18(14)16-9-5-3-6-10-16/h16-17H,3-13H2,1-2H3. The molecular formula is C17H30N2. The summed E-state index contributed by atoms with van der Waals surface area (Å²) >= 11 is 0. The van der Waals surface area contributed by atoms with E-state index in [0.717, 1.165) is 12.1 Å². The normalized spacial score (nSPS) is 27.5. The van der Waals surface area contributed by atoms with Crippen LogP contribution in [0.3, 0.4) is 0 Å². The van der Waals surface area contributed by atoms with Crippen molar-refractivity contribution in [2.45, 2.75) is 90.1 Å². The van der Waals surface area contributed by atoms with E-state index in [-0.39, 0.29) is 0 Å². The van der Waals surface area contributed by atoms with Gasteiger partial charge < -0.3 is 9.80 Å². The second-order valence-corrected chi connectivity index (χ2v) is 6.84. The number of hydrogen-bond donors (Lipinski definition) is 0. The van der Waals surface area contributed by atoms with Crippen molar-refractivity contribution in [3.8, 4) is 0 Å². The number of rotatable bonds is 2. The number of nitrogens with zero attached hydrogens (tertiary/aromatic N) is 2. The van der Waals surface area contributed by atoms with Gasteiger partial charge in [0.25, 0.3) is 0 Å². The summed E-state index contributed by atoms with van der Waals surface area (Å²) in [5.74, 6) is 0. The zero-order chi connectivity index (χ0) is 13.2. The molecular weight excluding hydrogens is 232 g/mol. The molecule has 0 N–H and O–H groups in total. The van der Waals surface area contributed by atoms with Crippen LogP contribution in [0.4, 0.5) is 0 Å². The predicted octanol–water partition coefficient (Wildman–Crippen LogP) is 4.48. The van der Waals surface area contributed by atoms with Crippen molar-refractivity contribution in [2.75, 3.05) is 6.67 Å². The van der Waals surface area contributed by atoms with Gasteiger partial charge >= 0.3 is 0 Å². The van der Waals surface area contributed by atoms with Gasteiger partial charge in [-0.2, -0.15) is 0 Å². The summed E-state index contributed by atoms with van der Waals surface area (Å²) < 4.78 is 0. The Morgan fingerprint density at radius 3 is 1.37 bits per heavy atom. The van der Waals surface area contributed by atoms with Crippen LogP contribution in [-0.2, 0) is 0 Å². The number of allylic oxidation sites excluding steroid dienone is 2. The minimum absolute atomic E-state index is 0.831. The molecule has 2 aliphatic carbocycles. The highest BCUT2D eigenvalue weighted by molar-refractivity contribution is 5.16. The van der Waals surface area contributed by atoms with Crippen LogP contribution in [0, 0.1) is 0 Å². The van der Waals surface area contributed by atoms with E-state index in [1.54, 1.807) is 11.4 Å². The first-order valence-corrected chi connectivity index (χ1v) is 8.48. The molecule has 0 unspecified atom stereocenters. The molecule has 0 aromatic carbocycles. The molecule has 2 fully saturated rings. The Balaban J connectivity index is 1.68. The van der Waals surface area contributed by atoms with Crippen molar-refractivity contribution in [3.63, 3.8) is 0 Å². The molecule has 19 heavy (non-hydrogen) atoms. The lowest BCUT2D eigenvalue weighted by molar-refractivity contribution is 0.122. The van der Waals surface area contributed by atoms with Gasteiger partial charge in [-0.25, -0.2) is 0 Å². The van der Waals surface area contributed by atoms with Crippen LogP contribution in [0.15, 0.2) is 11.4 Å². The Hall–Kier alpha value is -0.660. The third-order valence-electron chi connectivity index (χ3n) is 5.72. The van der Waals surface area contributed by atoms with Crippen molar-refractivity contribution in [1.29, 1.82) is 0 Å². The molecule has 2 heteroatoms. The van der Waals surface area contributed by atoms with E-state index in [2.05, 4.69) is 23.6 Å². The van der Waals surface area contributed by atoms with E-state index < -0.39 is 0 Å². The maximum Gasteiger partial charge on any atom is 0.0903 e. The summed E-state index contributed by atoms with van der Waals surface area (Å²) in [6.45, 7) is 5.90. The molecule has 0 saturated heterocycles. The molecule has 0 bridgehead atoms. The van der Waals surface area contributed by atoms with Gasteiger partial charge in [0.15, 0.2) is 0 Å². The zero-order valence-corrected chi connectivity index (χ0v) is 12.8. The number of hydrogen-bond acceptors (Lipinski definition) is 2. The van der Waals surface area contributed by atoms with Gasteiger partial charge in [-0.15, -0.1) is 0 Å². The second kappa shape index (κ2) is 5.76. The SMILES string of the molecule is CC1=C(C)N(C2CCCCC2)CN1C1CCCCC1. The van der Waals surface area contributed by atoms with Crippen LogP contribution in [0.1, 0.15) is 78.1 Å². The van der Waals surface area contributed by atoms with Crippen molar-refractivity contribution in [3.05, 3.63) is 11.4 Å². The summed E-state index contributed by atoms with van der Waals surface area (Å²) in [5, 5.41) is 0. The summed E-state index contributed by atoms with van der Waals surface area (Å²) in [6.07, 6.45) is 14.4. The largest absolute Gasteiger partial charge is 0.353 e. The third kappa shape index (κ3) is 2.64. The average molecular weight is 262 g/mol. The highest BCUT2D eigenvalue weighted by Gasteiger charge is 2.33. The molecule has 0 aromatic heterocycles. The zero-order valence-electron chi connectivity index (χ0n) is 12.8. The summed E-state index contributed by atoms with van der Waals surface area (Å²) in [6, 6.07) is 1.66. The Bertz CT molecular complexity index is 303. The Morgan fingerprint density at radius 1 is 0.632 bits per heavy atom. The molecule has 2 nitrogen and oxygen atoms in total. The fourth-order valence-electron chi connectivity index (χ4n) is 4.36. The van der Waals surface area contributed by atoms with Crippen molar-refractivity contribution in [1.82, 2.24) is 9.80 Å². The summed E-state index contributed by atoms with van der Waals surface area (Å²) in [7, 11) is 0. The maximum absolute atomic E-state index is 2.73. The molecule has 0 spiro atoms. The van der Waals surface area contributed by atoms with Crippen LogP contribution >= 0.6 is 0 Å². The maximum atomic E-state index is 2.73. The van der Waals surface area contributed by atoms with Crippen LogP contribution in [0.2, 0.25) is 0 Å². The van der Waals surface area contributed by atoms with E-state index in [0.29, 0.717) is 0 Å². The van der Waals surface area contributed by atoms with Crippen LogP contribution in [0.5, 0.6) is 0 Å². The van der Waals surface area contributed by atoms with Crippen molar-refractivity contribution < 1.29 is 0 Å². The molecule has 3 aliphatic rings. The fourth-order valence-corrected chi connectivity index (χ4v) is 4.36. The first-order valence-electron chi connectivity index (χ1n) is 8.48. The highest BCUT2D eigenvalue weighted by atomic mass is 15.4. The molecule has 3 rings (SSSR count). The Kier molecular flexibility index (Phi) is 4.04. The van der Waals surface area contributed by atoms with E-state index in [1.165, 1.54) is 70.9 Å². The predicted molar refractivity (Wildman–Crippen MR) is 80.7 cm³/mol. The first kappa shape index (κ1) is 13.3. The quantitative estimate of drug-likeness (QED) is 0.724. The molecule has 0 amide bonds. The summed E-state index contributed by atoms with van der Waals surface area (Å²) in [5.41, 5.74) is 3.13. The van der Waals surface area contributed by atoms with Crippen molar-refractivity contribution >= 4 is 0 Å². The van der Waals surface area contributed by atoms with Gasteiger partial charge in [0.2, 0.25) is 0 Å². The molecule has 1 heterocycles. The lowest BCUT2D eigenvalue weighted by Crippen LogP contribution is -2.41. The summed E-state index contributed by atoms with van der Waals surface area (Å²) in [4.78, 5) is 5.45. The van der Waals surface area contributed by atoms with Gasteiger partial charge in [-0.3, -0.25) is 0 Å². The monoisotopic (exact) mass is 262 g/mol. The minimum Gasteiger partial charge on any atom is -0.353 e. The highest BCUT2D eigenvalue weighted by Crippen LogP contribution is 2.35. The Morgan fingerprint density at radius 2 is 1.00 bits per heavy atom. The van der Waals surface area contributed by atoms with E-state index in [1.807, 2.05) is 0 Å². The average Bonchev–Trinajstić information content (AvgIpc) is 2.77. The van der Waals surface area contributed by atoms with Crippen LogP contribution in [0.25, 0.3) is 0 Å². The lowest BCUT2D eigenvalue weighted by atomic mass is 9.94. The van der Waals surface area contributed by atoms with Gasteiger partial charge in [0.1, 0.15) is 0 Å². The molecule has 108 valence electrons. The molecule has 0 atom stereocenters. The molecule has 1 aliphatic heterocycles. The molecule has 2 saturated carbocycles. The van der Waals surface area contributed by atoms with Crippen LogP contribution in [-0.4, -0.2) is 28.6 Å². The van der Waals surface area contributed by atoms with Gasteiger partial charge in [-0.1, -0.05) is 38.5 Å². The fraction of sp³-hybridized carbons (Fsp3) is 0.882. The van der Waals surface area contributed by atoms with E-state index >= 15 is 0 Å². The second-order valence-electron chi connectivity index (χ2n) is 6.84. The van der Waals surface area contributed by atoms with E-state index in [9.17, 15) is 0 Å². The van der Waals surface area contributed by atoms with Crippen LogP contribution < -0.4 is 0 Å². The topological polar surface area (TPSA) is 6.48 Å². The smallest absolute Gasteiger partial charge is 0.0903 e. The first-order chi connectivity index (χ1) is 9.27. The molecule has 0 radical (unpaired) electrons. The van der Waals surface area contributed by atoms with Crippen molar-refractivity contribution in [2.24, 2.45) is 0 Å². The molecule has 0 aromatic rings. The van der Waals surface area contributed by atoms with E-state index in [4.69, 9.17) is 0 Å². The van der Waals surface area contributed by atoms with Gasteiger partial charge in [0, 0.05) is 23.5 Å². The van der Waals surface area contributed by atoms with Gasteiger partial charge in [0.05, 0.1) is 6.67 Å². The Labute approximate surface area is 118 Å². The van der Waals surface area contributed by atoms with Gasteiger partial charge in [-0.05, 0) is 39.5 Å². The minimum atomic E-state index is 0.831. The lowest BCUT2D eigenvalue weighted by Gasteiger charge is -2.37. The third-order valence-corrected chi connectivity index (χ3v) is 5.72.